The standard InChI is InChI=1S/C20H24ClN3O4/c1-5-9(3)24-17(26)13-14(18(24)27)20(23-15(13)10(4)25)11-6-8(2)7-12(21)16(11)22-19(20)28/h6-7,9-10,13-15,23,25H,5H2,1-4H3,(H,22,28)/p+1/t9-,10-,13+,14+,15-,20-/m1/s1. The summed E-state index contributed by atoms with van der Waals surface area (Å²) >= 11 is 6.37. The van der Waals surface area contributed by atoms with Crippen molar-refractivity contribution in [3.05, 3.63) is 28.3 Å². The van der Waals surface area contributed by atoms with E-state index >= 15 is 0 Å². The lowest BCUT2D eigenvalue weighted by Crippen LogP contribution is -3.00. The molecule has 1 aromatic carbocycles. The van der Waals surface area contributed by atoms with Crippen LogP contribution in [0, 0.1) is 18.8 Å². The number of halogens is 1. The van der Waals surface area contributed by atoms with Gasteiger partial charge in [-0.15, -0.1) is 0 Å². The second kappa shape index (κ2) is 6.27. The average molecular weight is 407 g/mol. The second-order valence-corrected chi connectivity index (χ2v) is 8.69. The van der Waals surface area contributed by atoms with Crippen molar-refractivity contribution in [2.24, 2.45) is 11.8 Å². The highest BCUT2D eigenvalue weighted by Crippen LogP contribution is 2.51. The van der Waals surface area contributed by atoms with Gasteiger partial charge in [-0.1, -0.05) is 18.5 Å². The Kier molecular flexibility index (Phi) is 4.34. The van der Waals surface area contributed by atoms with Crippen LogP contribution in [0.25, 0.3) is 0 Å². The first kappa shape index (κ1) is 19.4. The minimum Gasteiger partial charge on any atom is -0.387 e. The number of nitrogens with one attached hydrogen (secondary N) is 1. The Bertz CT molecular complexity index is 902. The van der Waals surface area contributed by atoms with Gasteiger partial charge in [-0.3, -0.25) is 19.3 Å². The van der Waals surface area contributed by atoms with Gasteiger partial charge in [-0.25, -0.2) is 0 Å². The number of amides is 3. The van der Waals surface area contributed by atoms with E-state index in [0.29, 0.717) is 22.7 Å². The summed E-state index contributed by atoms with van der Waals surface area (Å²) in [6.07, 6.45) is -0.238. The maximum Gasteiger partial charge on any atom is 0.291 e. The number of aliphatic hydroxyl groups excluding tert-OH is 1. The van der Waals surface area contributed by atoms with Crippen molar-refractivity contribution < 1.29 is 24.8 Å². The number of likely N-dealkylation sites (tertiary alicyclic amines) is 1. The molecule has 150 valence electrons. The number of anilines is 1. The molecule has 2 fully saturated rings. The third-order valence-corrected chi connectivity index (χ3v) is 6.93. The predicted octanol–water partition coefficient (Wildman–Crippen LogP) is 0.522. The first-order valence-electron chi connectivity index (χ1n) is 9.68. The summed E-state index contributed by atoms with van der Waals surface area (Å²) in [5.74, 6) is -2.63. The van der Waals surface area contributed by atoms with Gasteiger partial charge in [-0.05, 0) is 44.9 Å². The summed E-state index contributed by atoms with van der Waals surface area (Å²) < 4.78 is 0. The molecule has 0 aromatic heterocycles. The highest BCUT2D eigenvalue weighted by atomic mass is 35.5. The first-order chi connectivity index (χ1) is 13.1. The topological polar surface area (TPSA) is 103 Å². The van der Waals surface area contributed by atoms with E-state index in [1.807, 2.05) is 26.8 Å². The molecule has 8 heteroatoms. The third kappa shape index (κ3) is 2.27. The van der Waals surface area contributed by atoms with E-state index in [0.717, 1.165) is 5.56 Å². The number of imide groups is 1. The van der Waals surface area contributed by atoms with Gasteiger partial charge in [0, 0.05) is 11.6 Å². The van der Waals surface area contributed by atoms with E-state index in [2.05, 4.69) is 5.32 Å². The van der Waals surface area contributed by atoms with E-state index in [9.17, 15) is 19.5 Å². The Hall–Kier alpha value is -1.96. The molecular weight excluding hydrogens is 382 g/mol. The number of aryl methyl sites for hydroxylation is 1. The number of rotatable bonds is 3. The van der Waals surface area contributed by atoms with Gasteiger partial charge in [0.1, 0.15) is 24.0 Å². The smallest absolute Gasteiger partial charge is 0.291 e. The van der Waals surface area contributed by atoms with E-state index in [-0.39, 0.29) is 23.8 Å². The number of nitrogens with zero attached hydrogens (tertiary/aromatic N) is 1. The number of fused-ring (bicyclic) bond motifs is 4. The van der Waals surface area contributed by atoms with Crippen LogP contribution in [-0.2, 0) is 19.9 Å². The van der Waals surface area contributed by atoms with Crippen molar-refractivity contribution in [3.63, 3.8) is 0 Å². The van der Waals surface area contributed by atoms with Crippen molar-refractivity contribution in [2.45, 2.75) is 57.8 Å². The quantitative estimate of drug-likeness (QED) is 0.637. The summed E-state index contributed by atoms with van der Waals surface area (Å²) in [5, 5.41) is 15.3. The molecule has 0 aliphatic carbocycles. The van der Waals surface area contributed by atoms with Crippen LogP contribution in [0.5, 0.6) is 0 Å². The number of benzene rings is 1. The fourth-order valence-electron chi connectivity index (χ4n) is 5.16. The van der Waals surface area contributed by atoms with Crippen molar-refractivity contribution >= 4 is 35.0 Å². The van der Waals surface area contributed by atoms with Crippen molar-refractivity contribution in [2.75, 3.05) is 5.32 Å². The van der Waals surface area contributed by atoms with E-state index in [1.54, 1.807) is 18.3 Å². The molecule has 0 saturated carbocycles. The van der Waals surface area contributed by atoms with Crippen LogP contribution in [-0.4, -0.2) is 45.9 Å². The minimum absolute atomic E-state index is 0.262. The Morgan fingerprint density at radius 3 is 2.57 bits per heavy atom. The van der Waals surface area contributed by atoms with Crippen LogP contribution in [0.1, 0.15) is 38.3 Å². The number of hydrogen-bond acceptors (Lipinski definition) is 4. The number of carbonyl (C=O) groups is 3. The second-order valence-electron chi connectivity index (χ2n) is 8.28. The number of quaternary nitrogens is 1. The monoisotopic (exact) mass is 406 g/mol. The summed E-state index contributed by atoms with van der Waals surface area (Å²) in [6, 6.07) is 2.75. The van der Waals surface area contributed by atoms with E-state index < -0.39 is 29.5 Å². The molecule has 4 rings (SSSR count). The van der Waals surface area contributed by atoms with Gasteiger partial charge in [0.2, 0.25) is 17.4 Å². The Labute approximate surface area is 168 Å². The number of carbonyl (C=O) groups excluding carboxylic acids is 3. The molecule has 3 aliphatic heterocycles. The highest BCUT2D eigenvalue weighted by molar-refractivity contribution is 6.35. The molecule has 7 nitrogen and oxygen atoms in total. The molecule has 0 radical (unpaired) electrons. The van der Waals surface area contributed by atoms with Crippen molar-refractivity contribution in [3.8, 4) is 0 Å². The summed E-state index contributed by atoms with van der Waals surface area (Å²) in [5.41, 5.74) is 0.667. The van der Waals surface area contributed by atoms with Crippen LogP contribution in [0.4, 0.5) is 5.69 Å². The zero-order chi connectivity index (χ0) is 20.5. The van der Waals surface area contributed by atoms with Crippen molar-refractivity contribution in [1.29, 1.82) is 0 Å². The molecule has 4 N–H and O–H groups in total. The van der Waals surface area contributed by atoms with E-state index in [4.69, 9.17) is 11.6 Å². The first-order valence-corrected chi connectivity index (χ1v) is 10.1. The molecule has 0 bridgehead atoms. The summed E-state index contributed by atoms with van der Waals surface area (Å²) in [6.45, 7) is 7.20. The van der Waals surface area contributed by atoms with Crippen LogP contribution < -0.4 is 10.6 Å². The molecule has 1 spiro atoms. The minimum atomic E-state index is -1.30. The molecule has 28 heavy (non-hydrogen) atoms. The third-order valence-electron chi connectivity index (χ3n) is 6.63. The molecule has 0 unspecified atom stereocenters. The van der Waals surface area contributed by atoms with Gasteiger partial charge in [0.25, 0.3) is 5.91 Å². The zero-order valence-electron chi connectivity index (χ0n) is 16.3. The number of nitrogens with two attached hydrogens (primary N) is 1. The number of hydrogen-bond donors (Lipinski definition) is 3. The maximum absolute atomic E-state index is 13.4. The molecule has 3 aliphatic rings. The normalized spacial score (nSPS) is 33.3. The molecule has 3 amide bonds. The SMILES string of the molecule is CC[C@@H](C)N1C(=O)[C@@H]2[C@@H]([C@@H](C)O)[NH2+][C@@]3(C(=O)Nc4c(Cl)cc(C)cc43)[C@@H]2C1=O. The fourth-order valence-corrected chi connectivity index (χ4v) is 5.48. The van der Waals surface area contributed by atoms with Crippen LogP contribution in [0.3, 0.4) is 0 Å². The number of aliphatic hydroxyl groups is 1. The molecule has 2 saturated heterocycles. The maximum atomic E-state index is 13.4. The van der Waals surface area contributed by atoms with Gasteiger partial charge in [-0.2, -0.15) is 0 Å². The lowest BCUT2D eigenvalue weighted by Gasteiger charge is -2.29. The molecule has 6 atom stereocenters. The summed E-state index contributed by atoms with van der Waals surface area (Å²) in [4.78, 5) is 41.2. The Balaban J connectivity index is 1.94. The van der Waals surface area contributed by atoms with Crippen LogP contribution in [0.15, 0.2) is 12.1 Å². The molecular formula is C20H25ClN3O4+. The lowest BCUT2D eigenvalue weighted by molar-refractivity contribution is -0.738. The lowest BCUT2D eigenvalue weighted by atomic mass is 9.76. The van der Waals surface area contributed by atoms with E-state index in [1.165, 1.54) is 4.90 Å². The summed E-state index contributed by atoms with van der Waals surface area (Å²) in [7, 11) is 0. The molecule has 1 aromatic rings. The Morgan fingerprint density at radius 1 is 1.29 bits per heavy atom. The largest absolute Gasteiger partial charge is 0.387 e. The van der Waals surface area contributed by atoms with Gasteiger partial charge in [0.05, 0.1) is 10.7 Å². The molecule has 3 heterocycles. The predicted molar refractivity (Wildman–Crippen MR) is 102 cm³/mol. The van der Waals surface area contributed by atoms with Gasteiger partial charge >= 0.3 is 0 Å². The fraction of sp³-hybridized carbons (Fsp3) is 0.550. The highest BCUT2D eigenvalue weighted by Gasteiger charge is 2.75. The van der Waals surface area contributed by atoms with Crippen molar-refractivity contribution in [1.82, 2.24) is 4.90 Å². The van der Waals surface area contributed by atoms with Gasteiger partial charge in [0.15, 0.2) is 0 Å². The van der Waals surface area contributed by atoms with Gasteiger partial charge < -0.3 is 15.7 Å². The average Bonchev–Trinajstić information content (AvgIpc) is 3.21. The Morgan fingerprint density at radius 2 is 1.96 bits per heavy atom. The van der Waals surface area contributed by atoms with Crippen LogP contribution in [0.2, 0.25) is 5.02 Å². The van der Waals surface area contributed by atoms with Crippen LogP contribution >= 0.6 is 11.6 Å². The zero-order valence-corrected chi connectivity index (χ0v) is 17.1.